The van der Waals surface area contributed by atoms with E-state index in [0.29, 0.717) is 33.4 Å². The molecule has 1 atom stereocenters. The minimum atomic E-state index is -0.626. The third-order valence-corrected chi connectivity index (χ3v) is 4.48. The Hall–Kier alpha value is -3.46. The molecule has 0 saturated carbocycles. The van der Waals surface area contributed by atoms with Crippen LogP contribution in [0.25, 0.3) is 0 Å². The summed E-state index contributed by atoms with van der Waals surface area (Å²) in [5.41, 5.74) is 2.02. The first kappa shape index (κ1) is 19.3. The molecule has 0 radical (unpaired) electrons. The van der Waals surface area contributed by atoms with Gasteiger partial charge in [0, 0.05) is 29.6 Å². The Morgan fingerprint density at radius 1 is 1.25 bits per heavy atom. The average Bonchev–Trinajstić information content (AvgIpc) is 2.67. The van der Waals surface area contributed by atoms with E-state index in [0.717, 1.165) is 0 Å². The fourth-order valence-corrected chi connectivity index (χ4v) is 3.23. The maximum atomic E-state index is 13.0. The summed E-state index contributed by atoms with van der Waals surface area (Å²) in [6.07, 6.45) is 0. The number of non-ortho nitro benzene ring substituents is 1. The first-order valence-electron chi connectivity index (χ1n) is 8.37. The van der Waals surface area contributed by atoms with Crippen LogP contribution in [0.2, 0.25) is 0 Å². The van der Waals surface area contributed by atoms with Gasteiger partial charge in [-0.2, -0.15) is 0 Å². The van der Waals surface area contributed by atoms with Gasteiger partial charge >= 0.3 is 0 Å². The van der Waals surface area contributed by atoms with Crippen LogP contribution in [0.15, 0.2) is 59.8 Å². The van der Waals surface area contributed by atoms with E-state index in [1.807, 2.05) is 0 Å². The molecule has 8 nitrogen and oxygen atoms in total. The number of rotatable bonds is 5. The van der Waals surface area contributed by atoms with Gasteiger partial charge in [0.05, 0.1) is 23.6 Å². The van der Waals surface area contributed by atoms with Gasteiger partial charge in [-0.25, -0.2) is 0 Å². The number of nitrogens with zero attached hydrogens (tertiary/aromatic N) is 1. The van der Waals surface area contributed by atoms with Gasteiger partial charge < -0.3 is 20.7 Å². The number of carbonyl (C=O) groups is 1. The topological polar surface area (TPSA) is 106 Å². The zero-order chi connectivity index (χ0) is 20.3. The maximum Gasteiger partial charge on any atom is 0.269 e. The number of thiocarbonyl (C=S) groups is 1. The Balaban J connectivity index is 1.96. The van der Waals surface area contributed by atoms with E-state index < -0.39 is 11.0 Å². The predicted molar refractivity (Wildman–Crippen MR) is 109 cm³/mol. The monoisotopic (exact) mass is 398 g/mol. The lowest BCUT2D eigenvalue weighted by atomic mass is 9.94. The number of nitro benzene ring substituents is 1. The number of hydrogen-bond donors (Lipinski definition) is 3. The van der Waals surface area contributed by atoms with Crippen molar-refractivity contribution < 1.29 is 14.5 Å². The first-order valence-corrected chi connectivity index (χ1v) is 8.78. The molecule has 1 aliphatic rings. The van der Waals surface area contributed by atoms with Crippen molar-refractivity contribution in [3.63, 3.8) is 0 Å². The van der Waals surface area contributed by atoms with Crippen LogP contribution >= 0.6 is 12.2 Å². The van der Waals surface area contributed by atoms with E-state index in [1.165, 1.54) is 12.1 Å². The van der Waals surface area contributed by atoms with Crippen molar-refractivity contribution in [3.8, 4) is 5.75 Å². The van der Waals surface area contributed by atoms with E-state index in [4.69, 9.17) is 17.0 Å². The molecule has 144 valence electrons. The van der Waals surface area contributed by atoms with Gasteiger partial charge in [-0.3, -0.25) is 14.9 Å². The standard InChI is InChI=1S/C19H18N4O4S/c1-11-16(18(24)21-13-6-4-8-15(10-13)27-2)17(22-19(28)20-11)12-5-3-7-14(9-12)23(25)26/h3-10,17H,1-2H3,(H,21,24)(H2,20,22,28)/t17-/m1/s1. The van der Waals surface area contributed by atoms with Crippen LogP contribution < -0.4 is 20.7 Å². The lowest BCUT2D eigenvalue weighted by Crippen LogP contribution is -2.45. The Bertz CT molecular complexity index is 989. The molecule has 1 amide bonds. The van der Waals surface area contributed by atoms with Crippen molar-refractivity contribution >= 4 is 34.6 Å². The summed E-state index contributed by atoms with van der Waals surface area (Å²) in [7, 11) is 1.54. The molecule has 28 heavy (non-hydrogen) atoms. The number of carbonyl (C=O) groups excluding carboxylic acids is 1. The molecule has 9 heteroatoms. The molecule has 3 rings (SSSR count). The largest absolute Gasteiger partial charge is 0.497 e. The summed E-state index contributed by atoms with van der Waals surface area (Å²) in [5, 5.41) is 20.3. The second-order valence-corrected chi connectivity index (χ2v) is 6.52. The highest BCUT2D eigenvalue weighted by molar-refractivity contribution is 7.80. The minimum Gasteiger partial charge on any atom is -0.497 e. The van der Waals surface area contributed by atoms with E-state index in [2.05, 4.69) is 16.0 Å². The van der Waals surface area contributed by atoms with Gasteiger partial charge in [-0.15, -0.1) is 0 Å². The molecule has 0 bridgehead atoms. The second kappa shape index (κ2) is 8.05. The van der Waals surface area contributed by atoms with Crippen LogP contribution in [0, 0.1) is 10.1 Å². The molecule has 0 aromatic heterocycles. The third kappa shape index (κ3) is 4.09. The fraction of sp³-hybridized carbons (Fsp3) is 0.158. The average molecular weight is 398 g/mol. The number of nitrogens with one attached hydrogen (secondary N) is 3. The lowest BCUT2D eigenvalue weighted by molar-refractivity contribution is -0.384. The summed E-state index contributed by atoms with van der Waals surface area (Å²) in [5.74, 6) is 0.254. The van der Waals surface area contributed by atoms with Crippen molar-refractivity contribution in [1.29, 1.82) is 0 Å². The number of allylic oxidation sites excluding steroid dienone is 1. The van der Waals surface area contributed by atoms with Crippen molar-refractivity contribution in [2.45, 2.75) is 13.0 Å². The molecule has 0 aliphatic carbocycles. The van der Waals surface area contributed by atoms with Gasteiger partial charge in [-0.05, 0) is 36.8 Å². The summed E-state index contributed by atoms with van der Waals surface area (Å²) in [6, 6.07) is 12.5. The van der Waals surface area contributed by atoms with Crippen LogP contribution in [0.1, 0.15) is 18.5 Å². The molecular formula is C19H18N4O4S. The lowest BCUT2D eigenvalue weighted by Gasteiger charge is -2.30. The minimum absolute atomic E-state index is 0.0612. The van der Waals surface area contributed by atoms with Gasteiger partial charge in [0.15, 0.2) is 5.11 Å². The number of nitro groups is 1. The van der Waals surface area contributed by atoms with Crippen LogP contribution in [-0.2, 0) is 4.79 Å². The Morgan fingerprint density at radius 2 is 2.00 bits per heavy atom. The van der Waals surface area contributed by atoms with Crippen LogP contribution in [0.4, 0.5) is 11.4 Å². The van der Waals surface area contributed by atoms with Gasteiger partial charge in [0.25, 0.3) is 11.6 Å². The van der Waals surface area contributed by atoms with Crippen LogP contribution in [0.5, 0.6) is 5.75 Å². The molecule has 0 saturated heterocycles. The van der Waals surface area contributed by atoms with Crippen molar-refractivity contribution in [2.24, 2.45) is 0 Å². The fourth-order valence-electron chi connectivity index (χ4n) is 2.96. The normalized spacial score (nSPS) is 16.1. The number of ether oxygens (including phenoxy) is 1. The molecule has 1 heterocycles. The highest BCUT2D eigenvalue weighted by Gasteiger charge is 2.30. The maximum absolute atomic E-state index is 13.0. The zero-order valence-electron chi connectivity index (χ0n) is 15.2. The number of methoxy groups -OCH3 is 1. The van der Waals surface area contributed by atoms with Crippen molar-refractivity contribution in [3.05, 3.63) is 75.5 Å². The predicted octanol–water partition coefficient (Wildman–Crippen LogP) is 3.03. The molecule has 2 aromatic carbocycles. The first-order chi connectivity index (χ1) is 13.4. The number of anilines is 1. The van der Waals surface area contributed by atoms with Crippen molar-refractivity contribution in [1.82, 2.24) is 10.6 Å². The Labute approximate surface area is 166 Å². The molecule has 3 N–H and O–H groups in total. The van der Waals surface area contributed by atoms with Gasteiger partial charge in [0.1, 0.15) is 5.75 Å². The Morgan fingerprint density at radius 3 is 2.71 bits per heavy atom. The summed E-state index contributed by atoms with van der Waals surface area (Å²) in [4.78, 5) is 23.7. The van der Waals surface area contributed by atoms with E-state index in [9.17, 15) is 14.9 Å². The van der Waals surface area contributed by atoms with Crippen LogP contribution in [-0.4, -0.2) is 23.1 Å². The van der Waals surface area contributed by atoms with Gasteiger partial charge in [-0.1, -0.05) is 18.2 Å². The second-order valence-electron chi connectivity index (χ2n) is 6.11. The van der Waals surface area contributed by atoms with Gasteiger partial charge in [0.2, 0.25) is 0 Å². The smallest absolute Gasteiger partial charge is 0.269 e. The van der Waals surface area contributed by atoms with Crippen molar-refractivity contribution in [2.75, 3.05) is 12.4 Å². The highest BCUT2D eigenvalue weighted by atomic mass is 32.1. The molecule has 0 fully saturated rings. The van der Waals surface area contributed by atoms with E-state index in [-0.39, 0.29) is 11.6 Å². The Kier molecular flexibility index (Phi) is 5.55. The number of hydrogen-bond acceptors (Lipinski definition) is 5. The summed E-state index contributed by atoms with van der Waals surface area (Å²) < 4.78 is 5.17. The molecule has 2 aromatic rings. The third-order valence-electron chi connectivity index (χ3n) is 4.26. The van der Waals surface area contributed by atoms with Crippen LogP contribution in [0.3, 0.4) is 0 Å². The molecular weight excluding hydrogens is 380 g/mol. The zero-order valence-corrected chi connectivity index (χ0v) is 16.0. The summed E-state index contributed by atoms with van der Waals surface area (Å²) >= 11 is 5.21. The quantitative estimate of drug-likeness (QED) is 0.404. The molecule has 0 spiro atoms. The van der Waals surface area contributed by atoms with E-state index >= 15 is 0 Å². The molecule has 1 aliphatic heterocycles. The number of amides is 1. The number of benzene rings is 2. The highest BCUT2D eigenvalue weighted by Crippen LogP contribution is 2.30. The van der Waals surface area contributed by atoms with E-state index in [1.54, 1.807) is 50.4 Å². The summed E-state index contributed by atoms with van der Waals surface area (Å²) in [6.45, 7) is 1.73. The SMILES string of the molecule is COc1cccc(NC(=O)C2=C(C)NC(=S)N[C@@H]2c2cccc([N+](=O)[O-])c2)c1. The molecule has 0 unspecified atom stereocenters.